The molecule has 0 aliphatic carbocycles. The Labute approximate surface area is 150 Å². The Morgan fingerprint density at radius 3 is 2.38 bits per heavy atom. The standard InChI is InChI=1S/C17H20N2O7/c1-10(20)18-11-5-6-14(23-2)13(7-11)19-9-26-8-12(16(21)24-3)15(19)17(22)25-4/h5-7H,8-9H2,1-4H3,(H,18,20). The predicted molar refractivity (Wildman–Crippen MR) is 91.7 cm³/mol. The lowest BCUT2D eigenvalue weighted by molar-refractivity contribution is -0.140. The van der Waals surface area contributed by atoms with Crippen molar-refractivity contribution in [2.24, 2.45) is 0 Å². The quantitative estimate of drug-likeness (QED) is 0.773. The summed E-state index contributed by atoms with van der Waals surface area (Å²) in [6, 6.07) is 4.88. The molecule has 1 amide bonds. The maximum Gasteiger partial charge on any atom is 0.355 e. The Hall–Kier alpha value is -3.07. The van der Waals surface area contributed by atoms with Gasteiger partial charge in [0.2, 0.25) is 5.91 Å². The van der Waals surface area contributed by atoms with Crippen molar-refractivity contribution in [1.29, 1.82) is 0 Å². The van der Waals surface area contributed by atoms with E-state index < -0.39 is 11.9 Å². The van der Waals surface area contributed by atoms with E-state index in [-0.39, 0.29) is 30.5 Å². The predicted octanol–water partition coefficient (Wildman–Crippen LogP) is 1.05. The van der Waals surface area contributed by atoms with Gasteiger partial charge in [-0.25, -0.2) is 9.59 Å². The van der Waals surface area contributed by atoms with Crippen LogP contribution < -0.4 is 15.0 Å². The number of amides is 1. The number of ether oxygens (including phenoxy) is 4. The summed E-state index contributed by atoms with van der Waals surface area (Å²) in [5.41, 5.74) is 0.921. The van der Waals surface area contributed by atoms with Crippen molar-refractivity contribution in [3.8, 4) is 5.75 Å². The van der Waals surface area contributed by atoms with E-state index in [2.05, 4.69) is 5.32 Å². The molecule has 9 heteroatoms. The van der Waals surface area contributed by atoms with Crippen molar-refractivity contribution in [3.63, 3.8) is 0 Å². The lowest BCUT2D eigenvalue weighted by Crippen LogP contribution is -2.39. The van der Waals surface area contributed by atoms with E-state index in [1.54, 1.807) is 18.2 Å². The van der Waals surface area contributed by atoms with Crippen molar-refractivity contribution in [2.75, 3.05) is 44.9 Å². The first-order valence-corrected chi connectivity index (χ1v) is 7.63. The molecule has 1 aliphatic rings. The van der Waals surface area contributed by atoms with Gasteiger partial charge in [-0.15, -0.1) is 0 Å². The van der Waals surface area contributed by atoms with E-state index in [4.69, 9.17) is 18.9 Å². The number of hydrogen-bond acceptors (Lipinski definition) is 8. The number of benzene rings is 1. The molecule has 1 aromatic carbocycles. The molecule has 2 rings (SSSR count). The monoisotopic (exact) mass is 364 g/mol. The topological polar surface area (TPSA) is 103 Å². The van der Waals surface area contributed by atoms with Crippen LogP contribution in [0.2, 0.25) is 0 Å². The molecule has 140 valence electrons. The number of esters is 2. The molecule has 26 heavy (non-hydrogen) atoms. The van der Waals surface area contributed by atoms with Gasteiger partial charge in [-0.3, -0.25) is 4.79 Å². The lowest BCUT2D eigenvalue weighted by Gasteiger charge is -2.32. The maximum atomic E-state index is 12.3. The van der Waals surface area contributed by atoms with Crippen molar-refractivity contribution in [2.45, 2.75) is 6.92 Å². The van der Waals surface area contributed by atoms with Gasteiger partial charge in [0.25, 0.3) is 0 Å². The highest BCUT2D eigenvalue weighted by Crippen LogP contribution is 2.36. The number of methoxy groups -OCH3 is 3. The molecule has 0 fully saturated rings. The van der Waals surface area contributed by atoms with Gasteiger partial charge in [-0.1, -0.05) is 0 Å². The van der Waals surface area contributed by atoms with Crippen LogP contribution in [0, 0.1) is 0 Å². The molecule has 1 aliphatic heterocycles. The zero-order valence-corrected chi connectivity index (χ0v) is 15.0. The fraction of sp³-hybridized carbons (Fsp3) is 0.353. The highest BCUT2D eigenvalue weighted by molar-refractivity contribution is 6.04. The Morgan fingerprint density at radius 2 is 1.81 bits per heavy atom. The van der Waals surface area contributed by atoms with Crippen molar-refractivity contribution < 1.29 is 33.3 Å². The molecule has 1 N–H and O–H groups in total. The third kappa shape index (κ3) is 3.94. The Morgan fingerprint density at radius 1 is 1.12 bits per heavy atom. The van der Waals surface area contributed by atoms with Gasteiger partial charge in [-0.2, -0.15) is 0 Å². The van der Waals surface area contributed by atoms with Crippen LogP contribution >= 0.6 is 0 Å². The zero-order chi connectivity index (χ0) is 19.3. The summed E-state index contributed by atoms with van der Waals surface area (Å²) in [6.07, 6.45) is 0. The van der Waals surface area contributed by atoms with E-state index >= 15 is 0 Å². The summed E-state index contributed by atoms with van der Waals surface area (Å²) in [4.78, 5) is 37.2. The second kappa shape index (κ2) is 8.34. The molecule has 0 atom stereocenters. The van der Waals surface area contributed by atoms with Gasteiger partial charge in [0.05, 0.1) is 39.2 Å². The Kier molecular flexibility index (Phi) is 6.18. The van der Waals surface area contributed by atoms with Gasteiger partial charge in [0.15, 0.2) is 0 Å². The molecule has 9 nitrogen and oxygen atoms in total. The van der Waals surface area contributed by atoms with Crippen LogP contribution in [0.15, 0.2) is 29.5 Å². The second-order valence-corrected chi connectivity index (χ2v) is 5.28. The minimum atomic E-state index is -0.722. The molecular weight excluding hydrogens is 344 g/mol. The number of carbonyl (C=O) groups is 3. The van der Waals surface area contributed by atoms with Crippen LogP contribution in [0.5, 0.6) is 5.75 Å². The average Bonchev–Trinajstić information content (AvgIpc) is 2.65. The lowest BCUT2D eigenvalue weighted by atomic mass is 10.1. The number of nitrogens with one attached hydrogen (secondary N) is 1. The van der Waals surface area contributed by atoms with Gasteiger partial charge < -0.3 is 29.2 Å². The van der Waals surface area contributed by atoms with Gasteiger partial charge in [0.1, 0.15) is 18.2 Å². The Balaban J connectivity index is 2.61. The van der Waals surface area contributed by atoms with Crippen LogP contribution in [0.1, 0.15) is 6.92 Å². The summed E-state index contributed by atoms with van der Waals surface area (Å²) in [6.45, 7) is 1.26. The number of nitrogens with zero attached hydrogens (tertiary/aromatic N) is 1. The van der Waals surface area contributed by atoms with Crippen LogP contribution in [0.25, 0.3) is 0 Å². The molecular formula is C17H20N2O7. The summed E-state index contributed by atoms with van der Waals surface area (Å²) in [5, 5.41) is 2.65. The van der Waals surface area contributed by atoms with Crippen molar-refractivity contribution in [1.82, 2.24) is 0 Å². The molecule has 0 bridgehead atoms. The zero-order valence-electron chi connectivity index (χ0n) is 15.0. The van der Waals surface area contributed by atoms with E-state index in [0.717, 1.165) is 0 Å². The first-order chi connectivity index (χ1) is 12.4. The molecule has 0 aromatic heterocycles. The van der Waals surface area contributed by atoms with E-state index in [1.165, 1.54) is 33.2 Å². The molecule has 0 saturated carbocycles. The third-order valence-corrected chi connectivity index (χ3v) is 3.62. The summed E-state index contributed by atoms with van der Waals surface area (Å²) in [5.74, 6) is -1.27. The van der Waals surface area contributed by atoms with Crippen LogP contribution in [0.4, 0.5) is 11.4 Å². The summed E-state index contributed by atoms with van der Waals surface area (Å²) in [7, 11) is 3.88. The largest absolute Gasteiger partial charge is 0.495 e. The summed E-state index contributed by atoms with van der Waals surface area (Å²) < 4.78 is 20.3. The number of anilines is 2. The third-order valence-electron chi connectivity index (χ3n) is 3.62. The minimum absolute atomic E-state index is 0.0103. The maximum absolute atomic E-state index is 12.3. The first-order valence-electron chi connectivity index (χ1n) is 7.63. The highest BCUT2D eigenvalue weighted by atomic mass is 16.5. The molecule has 1 heterocycles. The Bertz CT molecular complexity index is 757. The van der Waals surface area contributed by atoms with Gasteiger partial charge in [-0.05, 0) is 18.2 Å². The summed E-state index contributed by atoms with van der Waals surface area (Å²) >= 11 is 0. The van der Waals surface area contributed by atoms with E-state index in [9.17, 15) is 14.4 Å². The normalized spacial score (nSPS) is 13.9. The first kappa shape index (κ1) is 19.3. The SMILES string of the molecule is COC(=O)C1=C(C(=O)OC)N(c2cc(NC(C)=O)ccc2OC)COC1. The number of rotatable bonds is 5. The molecule has 1 aromatic rings. The smallest absolute Gasteiger partial charge is 0.355 e. The average molecular weight is 364 g/mol. The van der Waals surface area contributed by atoms with Gasteiger partial charge >= 0.3 is 11.9 Å². The fourth-order valence-corrected chi connectivity index (χ4v) is 2.52. The molecule has 0 unspecified atom stereocenters. The molecule has 0 saturated heterocycles. The fourth-order valence-electron chi connectivity index (χ4n) is 2.52. The molecule has 0 spiro atoms. The number of carbonyl (C=O) groups excluding carboxylic acids is 3. The van der Waals surface area contributed by atoms with Crippen LogP contribution in [-0.4, -0.2) is 52.5 Å². The number of hydrogen-bond donors (Lipinski definition) is 1. The van der Waals surface area contributed by atoms with Gasteiger partial charge in [0, 0.05) is 12.6 Å². The molecule has 0 radical (unpaired) electrons. The van der Waals surface area contributed by atoms with Crippen molar-refractivity contribution in [3.05, 3.63) is 29.5 Å². The highest BCUT2D eigenvalue weighted by Gasteiger charge is 2.33. The van der Waals surface area contributed by atoms with E-state index in [1.807, 2.05) is 0 Å². The second-order valence-electron chi connectivity index (χ2n) is 5.28. The van der Waals surface area contributed by atoms with Crippen LogP contribution in [0.3, 0.4) is 0 Å². The van der Waals surface area contributed by atoms with Crippen LogP contribution in [-0.2, 0) is 28.6 Å². The minimum Gasteiger partial charge on any atom is -0.495 e. The van der Waals surface area contributed by atoms with E-state index in [0.29, 0.717) is 17.1 Å². The van der Waals surface area contributed by atoms with Crippen molar-refractivity contribution >= 4 is 29.2 Å².